The van der Waals surface area contributed by atoms with Gasteiger partial charge in [0.05, 0.1) is 50.3 Å². The molecule has 4 heterocycles. The quantitative estimate of drug-likeness (QED) is 0.0799. The first-order valence-corrected chi connectivity index (χ1v) is 22.3. The van der Waals surface area contributed by atoms with Gasteiger partial charge in [0.1, 0.15) is 30.0 Å². The Balaban J connectivity index is 1.04. The van der Waals surface area contributed by atoms with Gasteiger partial charge < -0.3 is 50.2 Å². The highest BCUT2D eigenvalue weighted by molar-refractivity contribution is 5.87. The third-order valence-electron chi connectivity index (χ3n) is 12.9. The number of ether oxygens (including phenoxy) is 2. The van der Waals surface area contributed by atoms with Crippen molar-refractivity contribution in [1.82, 2.24) is 30.4 Å². The van der Waals surface area contributed by atoms with Gasteiger partial charge in [-0.15, -0.1) is 0 Å². The fourth-order valence-electron chi connectivity index (χ4n) is 9.51. The zero-order chi connectivity index (χ0) is 45.7. The maximum Gasteiger partial charge on any atom is 0.407 e. The Labute approximate surface area is 374 Å². The van der Waals surface area contributed by atoms with E-state index in [0.717, 1.165) is 60.2 Å². The number of H-pyrrole nitrogens is 1. The number of halogens is 1. The van der Waals surface area contributed by atoms with Crippen LogP contribution in [0, 0.1) is 17.7 Å². The monoisotopic (exact) mass is 880 g/mol. The van der Waals surface area contributed by atoms with E-state index in [1.807, 2.05) is 64.1 Å². The fourth-order valence-corrected chi connectivity index (χ4v) is 9.51. The van der Waals surface area contributed by atoms with Crippen LogP contribution in [0.25, 0.3) is 11.3 Å². The number of anilines is 2. The van der Waals surface area contributed by atoms with Crippen LogP contribution in [0.1, 0.15) is 101 Å². The molecule has 4 aromatic rings. The molecule has 0 radical (unpaired) electrons. The van der Waals surface area contributed by atoms with Crippen LogP contribution in [-0.4, -0.2) is 101 Å². The van der Waals surface area contributed by atoms with Gasteiger partial charge in [0, 0.05) is 24.5 Å². The van der Waals surface area contributed by atoms with E-state index in [9.17, 15) is 28.7 Å². The summed E-state index contributed by atoms with van der Waals surface area (Å²) in [5, 5.41) is 19.9. The van der Waals surface area contributed by atoms with Crippen LogP contribution in [-0.2, 0) is 19.1 Å². The smallest absolute Gasteiger partial charge is 0.407 e. The lowest BCUT2D eigenvalue weighted by molar-refractivity contribution is -0.137. The number of nitrogens with zero attached hydrogens (tertiary/aromatic N) is 4. The number of likely N-dealkylation sites (tertiary alicyclic amines) is 2. The molecule has 3 aliphatic rings. The standard InChI is InChI=1S/C48H61FN8O7/c1-28(2)41(53-47(61)63-5)45(59)55-25-7-9-39(55)43-50-27-36(52-43)30-11-13-31(14-12-30)37-23-24-38(57(37)35-21-17-33(49)18-22-35)32-15-19-34(20-16-32)51-44(58)40-10-8-26-56(40)46(60)42(29(3)4)54-48(62)64-6/h11-22,27-29,37-42,44,51,58H,7-10,23-26H2,1-6H3,(H,50,52)(H,53,61)(H,54,62)/t37-,38-,39+,40+,41+,42+,44?/m1/s1. The second-order valence-electron chi connectivity index (χ2n) is 17.7. The summed E-state index contributed by atoms with van der Waals surface area (Å²) in [5.41, 5.74) is 5.56. The van der Waals surface area contributed by atoms with Crippen molar-refractivity contribution in [3.8, 4) is 11.3 Å². The number of aliphatic hydroxyl groups is 1. The summed E-state index contributed by atoms with van der Waals surface area (Å²) >= 11 is 0. The first-order valence-electron chi connectivity index (χ1n) is 22.3. The normalized spacial score (nSPS) is 21.2. The minimum absolute atomic E-state index is 0.00116. The number of aliphatic hydroxyl groups excluding tert-OH is 1. The molecule has 4 amide bonds. The van der Waals surface area contributed by atoms with Crippen molar-refractivity contribution >= 4 is 35.4 Å². The fraction of sp³-hybridized carbons (Fsp3) is 0.479. The van der Waals surface area contributed by atoms with Crippen LogP contribution in [0.2, 0.25) is 0 Å². The topological polar surface area (TPSA) is 181 Å². The number of hydrogen-bond acceptors (Lipinski definition) is 10. The van der Waals surface area contributed by atoms with Crippen LogP contribution in [0.15, 0.2) is 79.0 Å². The van der Waals surface area contributed by atoms with E-state index >= 15 is 0 Å². The zero-order valence-electron chi connectivity index (χ0n) is 37.4. The van der Waals surface area contributed by atoms with Gasteiger partial charge in [-0.25, -0.2) is 19.0 Å². The number of aromatic amines is 1. The van der Waals surface area contributed by atoms with E-state index < -0.39 is 36.5 Å². The first-order chi connectivity index (χ1) is 30.8. The average molecular weight is 881 g/mol. The lowest BCUT2D eigenvalue weighted by Gasteiger charge is -2.34. The van der Waals surface area contributed by atoms with Crippen molar-refractivity contribution < 1.29 is 38.1 Å². The second kappa shape index (κ2) is 20.1. The van der Waals surface area contributed by atoms with Crippen molar-refractivity contribution in [2.75, 3.05) is 37.5 Å². The van der Waals surface area contributed by atoms with E-state index in [2.05, 4.69) is 50.1 Å². The molecule has 0 bridgehead atoms. The van der Waals surface area contributed by atoms with Crippen molar-refractivity contribution in [1.29, 1.82) is 0 Å². The van der Waals surface area contributed by atoms with E-state index in [1.165, 1.54) is 26.4 Å². The molecule has 3 saturated heterocycles. The first kappa shape index (κ1) is 45.9. The number of carbonyl (C=O) groups is 4. The molecule has 5 N–H and O–H groups in total. The third-order valence-corrected chi connectivity index (χ3v) is 12.9. The van der Waals surface area contributed by atoms with Crippen LogP contribution in [0.4, 0.5) is 25.4 Å². The molecule has 3 fully saturated rings. The molecule has 15 nitrogen and oxygen atoms in total. The molecule has 0 saturated carbocycles. The lowest BCUT2D eigenvalue weighted by atomic mass is 10.0. The highest BCUT2D eigenvalue weighted by Crippen LogP contribution is 2.47. The van der Waals surface area contributed by atoms with E-state index in [1.54, 1.807) is 16.0 Å². The van der Waals surface area contributed by atoms with Gasteiger partial charge in [-0.1, -0.05) is 64.1 Å². The largest absolute Gasteiger partial charge is 0.453 e. The third kappa shape index (κ3) is 9.96. The Morgan fingerprint density at radius 1 is 0.719 bits per heavy atom. The number of imidazole rings is 1. The number of aromatic nitrogens is 2. The molecule has 342 valence electrons. The second-order valence-corrected chi connectivity index (χ2v) is 17.7. The zero-order valence-corrected chi connectivity index (χ0v) is 37.4. The molecule has 3 aliphatic heterocycles. The Morgan fingerprint density at radius 3 is 1.81 bits per heavy atom. The van der Waals surface area contributed by atoms with Gasteiger partial charge >= 0.3 is 12.2 Å². The number of hydrogen-bond donors (Lipinski definition) is 5. The maximum atomic E-state index is 14.2. The molecule has 16 heteroatoms. The summed E-state index contributed by atoms with van der Waals surface area (Å²) < 4.78 is 23.8. The molecule has 7 rings (SSSR count). The van der Waals surface area contributed by atoms with Crippen molar-refractivity contribution in [3.63, 3.8) is 0 Å². The van der Waals surface area contributed by atoms with Crippen molar-refractivity contribution in [2.45, 2.75) is 109 Å². The summed E-state index contributed by atoms with van der Waals surface area (Å²) in [5.74, 6) is -0.334. The van der Waals surface area contributed by atoms with Crippen molar-refractivity contribution in [2.24, 2.45) is 11.8 Å². The predicted molar refractivity (Wildman–Crippen MR) is 240 cm³/mol. The van der Waals surface area contributed by atoms with E-state index in [4.69, 9.17) is 14.5 Å². The number of methoxy groups -OCH3 is 2. The van der Waals surface area contributed by atoms with E-state index in [0.29, 0.717) is 31.0 Å². The maximum absolute atomic E-state index is 14.2. The molecule has 0 spiro atoms. The number of nitrogens with one attached hydrogen (secondary N) is 4. The molecule has 7 atom stereocenters. The molecule has 0 aliphatic carbocycles. The summed E-state index contributed by atoms with van der Waals surface area (Å²) in [6.45, 7) is 8.54. The summed E-state index contributed by atoms with van der Waals surface area (Å²) in [4.78, 5) is 65.3. The van der Waals surface area contributed by atoms with Crippen LogP contribution in [0.3, 0.4) is 0 Å². The number of carbonyl (C=O) groups excluding carboxylic acids is 4. The molecule has 3 aromatic carbocycles. The average Bonchev–Trinajstić information content (AvgIpc) is 4.14. The minimum atomic E-state index is -1.04. The summed E-state index contributed by atoms with van der Waals surface area (Å²) in [6.07, 6.45) is 4.06. The van der Waals surface area contributed by atoms with Gasteiger partial charge in [0.25, 0.3) is 0 Å². The minimum Gasteiger partial charge on any atom is -0.453 e. The molecule has 64 heavy (non-hydrogen) atoms. The molecular formula is C48H61FN8O7. The lowest BCUT2D eigenvalue weighted by Crippen LogP contribution is -2.55. The number of alkyl carbamates (subject to hydrolysis) is 2. The molecular weight excluding hydrogens is 820 g/mol. The van der Waals surface area contributed by atoms with Crippen LogP contribution >= 0.6 is 0 Å². The number of rotatable bonds is 14. The van der Waals surface area contributed by atoms with Crippen LogP contribution in [0.5, 0.6) is 0 Å². The SMILES string of the molecule is COC(=O)N[C@H](C(=O)N1CCC[C@H]1c1ncc(-c2ccc([C@H]3CC[C@H](c4ccc(NC(O)[C@@H]5CCCN5C(=O)[C@@H](NC(=O)OC)C(C)C)cc4)N3c3ccc(F)cc3)cc2)[nH]1)C(C)C. The molecule has 1 unspecified atom stereocenters. The predicted octanol–water partition coefficient (Wildman–Crippen LogP) is 7.44. The number of benzene rings is 3. The van der Waals surface area contributed by atoms with Crippen molar-refractivity contribution in [3.05, 3.63) is 102 Å². The summed E-state index contributed by atoms with van der Waals surface area (Å²) in [6, 6.07) is 20.7. The van der Waals surface area contributed by atoms with Gasteiger partial charge in [0.2, 0.25) is 11.8 Å². The van der Waals surface area contributed by atoms with Gasteiger partial charge in [-0.2, -0.15) is 0 Å². The Bertz CT molecular complexity index is 2240. The molecule has 1 aromatic heterocycles. The Morgan fingerprint density at radius 2 is 1.25 bits per heavy atom. The van der Waals surface area contributed by atoms with Gasteiger partial charge in [-0.3, -0.25) is 9.59 Å². The van der Waals surface area contributed by atoms with Gasteiger partial charge in [-0.05, 0) is 103 Å². The Hall–Kier alpha value is -6.16. The highest BCUT2D eigenvalue weighted by atomic mass is 19.1. The van der Waals surface area contributed by atoms with Crippen LogP contribution < -0.4 is 20.9 Å². The summed E-state index contributed by atoms with van der Waals surface area (Å²) in [7, 11) is 2.54. The Kier molecular flexibility index (Phi) is 14.4. The van der Waals surface area contributed by atoms with E-state index in [-0.39, 0.29) is 47.6 Å². The number of amides is 4. The van der Waals surface area contributed by atoms with Gasteiger partial charge in [0.15, 0.2) is 0 Å². The highest BCUT2D eigenvalue weighted by Gasteiger charge is 2.40.